The number of benzene rings is 2. The van der Waals surface area contributed by atoms with Gasteiger partial charge in [-0.15, -0.1) is 0 Å². The van der Waals surface area contributed by atoms with E-state index < -0.39 is 56.1 Å². The van der Waals surface area contributed by atoms with E-state index in [0.29, 0.717) is 11.3 Å². The second-order valence-corrected chi connectivity index (χ2v) is 11.1. The molecule has 0 heterocycles. The number of rotatable bonds is 10. The topological polar surface area (TPSA) is 164 Å². The van der Waals surface area contributed by atoms with Crippen LogP contribution in [0.15, 0.2) is 42.5 Å². The van der Waals surface area contributed by atoms with E-state index >= 15 is 0 Å². The van der Waals surface area contributed by atoms with E-state index in [1.165, 1.54) is 30.3 Å². The molecule has 164 valence electrons. The van der Waals surface area contributed by atoms with E-state index in [9.17, 15) is 21.6 Å². The summed E-state index contributed by atoms with van der Waals surface area (Å²) in [4.78, 5) is 12.6. The minimum absolute atomic E-state index is 0.148. The highest BCUT2D eigenvalue weighted by Crippen LogP contribution is 2.23. The summed E-state index contributed by atoms with van der Waals surface area (Å²) in [6.45, 7) is -1.05. The number of sulfone groups is 2. The lowest BCUT2D eigenvalue weighted by molar-refractivity contribution is 0.102. The number of aliphatic hydroxyl groups is 2. The molecule has 0 bridgehead atoms. The van der Waals surface area contributed by atoms with Crippen LogP contribution in [0.1, 0.15) is 21.5 Å². The van der Waals surface area contributed by atoms with Crippen molar-refractivity contribution in [3.05, 3.63) is 59.2 Å². The maximum absolute atomic E-state index is 12.6. The number of nitrogen functional groups attached to an aromatic ring is 1. The van der Waals surface area contributed by atoms with Crippen molar-refractivity contribution in [1.29, 1.82) is 0 Å². The van der Waals surface area contributed by atoms with E-state index in [4.69, 9.17) is 15.9 Å². The molecule has 0 aliphatic carbocycles. The lowest BCUT2D eigenvalue weighted by Gasteiger charge is -2.14. The molecule has 30 heavy (non-hydrogen) atoms. The Morgan fingerprint density at radius 3 is 2.00 bits per heavy atom. The van der Waals surface area contributed by atoms with Crippen molar-refractivity contribution in [2.45, 2.75) is 11.5 Å². The summed E-state index contributed by atoms with van der Waals surface area (Å²) >= 11 is 0. The summed E-state index contributed by atoms with van der Waals surface area (Å²) in [5, 5.41) is 20.4. The van der Waals surface area contributed by atoms with E-state index in [-0.39, 0.29) is 22.6 Å². The predicted molar refractivity (Wildman–Crippen MR) is 114 cm³/mol. The predicted octanol–water partition coefficient (Wildman–Crippen LogP) is 0.335. The number of carbonyl (C=O) groups is 1. The zero-order chi connectivity index (χ0) is 22.4. The number of hydrogen-bond donors (Lipinski definition) is 4. The maximum atomic E-state index is 12.6. The van der Waals surface area contributed by atoms with Crippen molar-refractivity contribution >= 4 is 37.0 Å². The lowest BCUT2D eigenvalue weighted by Crippen LogP contribution is -2.17. The molecule has 0 unspecified atom stereocenters. The molecule has 0 aliphatic heterocycles. The molecule has 11 heteroatoms. The van der Waals surface area contributed by atoms with Gasteiger partial charge in [0.15, 0.2) is 19.7 Å². The third kappa shape index (κ3) is 7.10. The molecule has 0 atom stereocenters. The van der Waals surface area contributed by atoms with Gasteiger partial charge in [-0.2, -0.15) is 0 Å². The SMILES string of the molecule is Nc1ccc(C(=O)Nc2cc(CS(=O)(=O)CCO)ccc2CS(=O)(=O)CCO)cc1. The van der Waals surface area contributed by atoms with Gasteiger partial charge in [0.25, 0.3) is 5.91 Å². The quantitative estimate of drug-likeness (QED) is 0.372. The molecule has 0 aromatic heterocycles. The van der Waals surface area contributed by atoms with Crippen LogP contribution in [0.5, 0.6) is 0 Å². The van der Waals surface area contributed by atoms with Gasteiger partial charge < -0.3 is 21.3 Å². The third-order valence-electron chi connectivity index (χ3n) is 4.16. The van der Waals surface area contributed by atoms with Crippen LogP contribution in [-0.4, -0.2) is 57.7 Å². The standard InChI is InChI=1S/C19H24N2O7S2/c20-17-5-3-15(4-6-17)19(24)21-18-11-14(12-29(25,26)9-7-22)1-2-16(18)13-30(27,28)10-8-23/h1-6,11,22-23H,7-10,12-13,20H2,(H,21,24). The Kier molecular flexibility index (Phi) is 7.96. The highest BCUT2D eigenvalue weighted by atomic mass is 32.2. The van der Waals surface area contributed by atoms with Crippen molar-refractivity contribution in [2.75, 3.05) is 35.8 Å². The number of anilines is 2. The number of nitrogens with two attached hydrogens (primary N) is 1. The molecule has 0 saturated carbocycles. The molecule has 0 aliphatic rings. The Bertz CT molecular complexity index is 1100. The van der Waals surface area contributed by atoms with Gasteiger partial charge in [-0.1, -0.05) is 12.1 Å². The monoisotopic (exact) mass is 456 g/mol. The molecule has 1 amide bonds. The van der Waals surface area contributed by atoms with Gasteiger partial charge in [0.2, 0.25) is 0 Å². The van der Waals surface area contributed by atoms with Gasteiger partial charge in [-0.25, -0.2) is 16.8 Å². The Morgan fingerprint density at radius 2 is 1.43 bits per heavy atom. The van der Waals surface area contributed by atoms with Crippen molar-refractivity contribution in [3.8, 4) is 0 Å². The van der Waals surface area contributed by atoms with Gasteiger partial charge in [-0.05, 0) is 41.5 Å². The number of amides is 1. The number of aliphatic hydroxyl groups excluding tert-OH is 2. The van der Waals surface area contributed by atoms with Crippen LogP contribution in [-0.2, 0) is 31.2 Å². The molecule has 2 aromatic carbocycles. The third-order valence-corrected chi connectivity index (χ3v) is 7.30. The Labute approximate surface area is 175 Å². The van der Waals surface area contributed by atoms with Crippen molar-refractivity contribution in [2.24, 2.45) is 0 Å². The molecule has 0 fully saturated rings. The first-order valence-electron chi connectivity index (χ1n) is 8.96. The van der Waals surface area contributed by atoms with Crippen LogP contribution >= 0.6 is 0 Å². The van der Waals surface area contributed by atoms with Crippen LogP contribution in [0.25, 0.3) is 0 Å². The summed E-state index contributed by atoms with van der Waals surface area (Å²) in [7, 11) is -7.21. The summed E-state index contributed by atoms with van der Waals surface area (Å²) in [5.74, 6) is -2.18. The number of carbonyl (C=O) groups excluding carboxylic acids is 1. The summed E-state index contributed by atoms with van der Waals surface area (Å²) in [6.07, 6.45) is 0. The van der Waals surface area contributed by atoms with Crippen molar-refractivity contribution < 1.29 is 31.8 Å². The highest BCUT2D eigenvalue weighted by molar-refractivity contribution is 7.90. The number of hydrogen-bond acceptors (Lipinski definition) is 8. The summed E-state index contributed by atoms with van der Waals surface area (Å²) < 4.78 is 48.3. The van der Waals surface area contributed by atoms with Crippen LogP contribution < -0.4 is 11.1 Å². The van der Waals surface area contributed by atoms with E-state index in [1.807, 2.05) is 0 Å². The molecule has 2 rings (SSSR count). The first-order valence-corrected chi connectivity index (χ1v) is 12.6. The zero-order valence-electron chi connectivity index (χ0n) is 16.1. The maximum Gasteiger partial charge on any atom is 0.255 e. The zero-order valence-corrected chi connectivity index (χ0v) is 17.7. The highest BCUT2D eigenvalue weighted by Gasteiger charge is 2.18. The first-order chi connectivity index (χ1) is 14.0. The van der Waals surface area contributed by atoms with Gasteiger partial charge in [0.1, 0.15) is 0 Å². The number of nitrogens with one attached hydrogen (secondary N) is 1. The molecule has 0 radical (unpaired) electrons. The van der Waals surface area contributed by atoms with E-state index in [1.54, 1.807) is 12.1 Å². The van der Waals surface area contributed by atoms with Crippen LogP contribution in [0, 0.1) is 0 Å². The Balaban J connectivity index is 2.39. The van der Waals surface area contributed by atoms with Gasteiger partial charge in [0.05, 0.1) is 36.2 Å². The van der Waals surface area contributed by atoms with Crippen LogP contribution in [0.4, 0.5) is 11.4 Å². The first kappa shape index (κ1) is 23.8. The average Bonchev–Trinajstić information content (AvgIpc) is 2.63. The molecule has 0 spiro atoms. The van der Waals surface area contributed by atoms with Gasteiger partial charge in [0, 0.05) is 16.9 Å². The lowest BCUT2D eigenvalue weighted by atomic mass is 10.1. The smallest absolute Gasteiger partial charge is 0.255 e. The van der Waals surface area contributed by atoms with Crippen LogP contribution in [0.3, 0.4) is 0 Å². The van der Waals surface area contributed by atoms with E-state index in [0.717, 1.165) is 0 Å². The molecule has 2 aromatic rings. The largest absolute Gasteiger partial charge is 0.399 e. The fraction of sp³-hybridized carbons (Fsp3) is 0.316. The summed E-state index contributed by atoms with van der Waals surface area (Å²) in [5.41, 5.74) is 7.11. The van der Waals surface area contributed by atoms with Crippen molar-refractivity contribution in [1.82, 2.24) is 0 Å². The Hall–Kier alpha value is -2.47. The molecular formula is C19H24N2O7S2. The molecule has 9 nitrogen and oxygen atoms in total. The Morgan fingerprint density at radius 1 is 0.867 bits per heavy atom. The minimum atomic E-state index is -3.64. The fourth-order valence-electron chi connectivity index (χ4n) is 2.70. The fourth-order valence-corrected chi connectivity index (χ4v) is 4.96. The molecular weight excluding hydrogens is 432 g/mol. The second-order valence-electron chi connectivity index (χ2n) is 6.70. The molecule has 0 saturated heterocycles. The van der Waals surface area contributed by atoms with Gasteiger partial charge >= 0.3 is 0 Å². The second kappa shape index (κ2) is 10.0. The average molecular weight is 457 g/mol. The minimum Gasteiger partial charge on any atom is -0.399 e. The van der Waals surface area contributed by atoms with Gasteiger partial charge in [-0.3, -0.25) is 4.79 Å². The summed E-state index contributed by atoms with van der Waals surface area (Å²) in [6, 6.07) is 10.4. The normalized spacial score (nSPS) is 11.9. The van der Waals surface area contributed by atoms with E-state index in [2.05, 4.69) is 5.32 Å². The van der Waals surface area contributed by atoms with Crippen LogP contribution in [0.2, 0.25) is 0 Å². The van der Waals surface area contributed by atoms with Crippen molar-refractivity contribution in [3.63, 3.8) is 0 Å². The molecule has 5 N–H and O–H groups in total.